The third-order valence-corrected chi connectivity index (χ3v) is 5.41. The second-order valence-electron chi connectivity index (χ2n) is 7.42. The molecule has 0 bridgehead atoms. The van der Waals surface area contributed by atoms with Crippen molar-refractivity contribution in [3.8, 4) is 0 Å². The van der Waals surface area contributed by atoms with Crippen LogP contribution in [0.3, 0.4) is 0 Å². The Hall–Kier alpha value is -1.35. The first-order valence-corrected chi connectivity index (χ1v) is 9.95. The van der Waals surface area contributed by atoms with Crippen molar-refractivity contribution in [2.45, 2.75) is 50.1 Å². The molecule has 9 heteroatoms. The van der Waals surface area contributed by atoms with Crippen LogP contribution in [-0.2, 0) is 9.53 Å². The van der Waals surface area contributed by atoms with Gasteiger partial charge < -0.3 is 15.4 Å². The van der Waals surface area contributed by atoms with Crippen LogP contribution in [0.15, 0.2) is 30.3 Å². The number of halogens is 4. The van der Waals surface area contributed by atoms with Crippen LogP contribution in [0.1, 0.15) is 37.4 Å². The molecular formula is C20H29ClF3N3O2. The summed E-state index contributed by atoms with van der Waals surface area (Å²) in [5, 5.41) is 5.56. The molecule has 5 nitrogen and oxygen atoms in total. The highest BCUT2D eigenvalue weighted by Gasteiger charge is 2.44. The molecule has 1 saturated heterocycles. The number of amides is 1. The zero-order chi connectivity index (χ0) is 20.0. The summed E-state index contributed by atoms with van der Waals surface area (Å²) < 4.78 is 46.7. The summed E-state index contributed by atoms with van der Waals surface area (Å²) in [6, 6.07) is 7.28. The number of carbonyl (C=O) groups is 1. The number of nitrogens with one attached hydrogen (secondary N) is 2. The number of hydrogen-bond donors (Lipinski definition) is 2. The minimum absolute atomic E-state index is 0. The Kier molecular flexibility index (Phi) is 9.20. The monoisotopic (exact) mass is 435 g/mol. The van der Waals surface area contributed by atoms with Crippen molar-refractivity contribution in [3.05, 3.63) is 35.9 Å². The Bertz CT molecular complexity index is 621. The van der Waals surface area contributed by atoms with Crippen LogP contribution in [0.25, 0.3) is 0 Å². The van der Waals surface area contributed by atoms with Crippen LogP contribution in [0.4, 0.5) is 13.2 Å². The minimum Gasteiger partial charge on any atom is -0.360 e. The topological polar surface area (TPSA) is 53.6 Å². The lowest BCUT2D eigenvalue weighted by Crippen LogP contribution is -2.57. The van der Waals surface area contributed by atoms with Gasteiger partial charge >= 0.3 is 6.18 Å². The number of benzene rings is 1. The number of carbonyl (C=O) groups excluding carboxylic acids is 1. The van der Waals surface area contributed by atoms with Crippen molar-refractivity contribution in [3.63, 3.8) is 0 Å². The van der Waals surface area contributed by atoms with Crippen LogP contribution in [-0.4, -0.2) is 61.9 Å². The van der Waals surface area contributed by atoms with Crippen molar-refractivity contribution in [2.75, 3.05) is 32.7 Å². The van der Waals surface area contributed by atoms with E-state index in [2.05, 4.69) is 10.6 Å². The van der Waals surface area contributed by atoms with Gasteiger partial charge in [-0.3, -0.25) is 9.69 Å². The van der Waals surface area contributed by atoms with Gasteiger partial charge in [0.15, 0.2) is 6.10 Å². The molecule has 0 spiro atoms. The first-order chi connectivity index (χ1) is 13.4. The summed E-state index contributed by atoms with van der Waals surface area (Å²) >= 11 is 0. The van der Waals surface area contributed by atoms with Gasteiger partial charge in [-0.2, -0.15) is 13.2 Å². The number of hydrogen-bond acceptors (Lipinski definition) is 4. The first-order valence-electron chi connectivity index (χ1n) is 9.95. The van der Waals surface area contributed by atoms with Crippen LogP contribution in [0, 0.1) is 0 Å². The fourth-order valence-electron chi connectivity index (χ4n) is 3.87. The predicted octanol–water partition coefficient (Wildman–Crippen LogP) is 3.06. The smallest absolute Gasteiger partial charge is 0.360 e. The molecule has 1 aromatic carbocycles. The zero-order valence-corrected chi connectivity index (χ0v) is 17.1. The molecule has 0 radical (unpaired) electrons. The second-order valence-corrected chi connectivity index (χ2v) is 7.42. The maximum absolute atomic E-state index is 13.6. The van der Waals surface area contributed by atoms with Gasteiger partial charge in [-0.1, -0.05) is 43.2 Å². The molecule has 164 valence electrons. The Morgan fingerprint density at radius 3 is 2.38 bits per heavy atom. The molecule has 1 heterocycles. The number of alkyl halides is 3. The average molecular weight is 436 g/mol. The van der Waals surface area contributed by atoms with Gasteiger partial charge in [0.25, 0.3) is 5.91 Å². The SMILES string of the molecule is Cl.O=C(NCC(N1CCNCC1)C(F)(F)F)C(OC1CCCC1)c1ccccc1. The lowest BCUT2D eigenvalue weighted by molar-refractivity contribution is -0.184. The summed E-state index contributed by atoms with van der Waals surface area (Å²) in [4.78, 5) is 14.2. The summed E-state index contributed by atoms with van der Waals surface area (Å²) in [5.74, 6) is -0.512. The quantitative estimate of drug-likeness (QED) is 0.691. The van der Waals surface area contributed by atoms with Crippen molar-refractivity contribution in [2.24, 2.45) is 0 Å². The summed E-state index contributed by atoms with van der Waals surface area (Å²) in [7, 11) is 0. The maximum Gasteiger partial charge on any atom is 0.405 e. The van der Waals surface area contributed by atoms with E-state index >= 15 is 0 Å². The molecule has 0 aromatic heterocycles. The van der Waals surface area contributed by atoms with Crippen LogP contribution >= 0.6 is 12.4 Å². The molecular weight excluding hydrogens is 407 g/mol. The summed E-state index contributed by atoms with van der Waals surface area (Å²) in [5.41, 5.74) is 0.664. The highest BCUT2D eigenvalue weighted by Crippen LogP contribution is 2.29. The largest absolute Gasteiger partial charge is 0.405 e. The van der Waals surface area contributed by atoms with Crippen molar-refractivity contribution < 1.29 is 22.7 Å². The van der Waals surface area contributed by atoms with Gasteiger partial charge in [-0.25, -0.2) is 0 Å². The van der Waals surface area contributed by atoms with E-state index in [-0.39, 0.29) is 18.5 Å². The van der Waals surface area contributed by atoms with Crippen molar-refractivity contribution in [1.29, 1.82) is 0 Å². The van der Waals surface area contributed by atoms with E-state index in [0.717, 1.165) is 25.7 Å². The molecule has 2 unspecified atom stereocenters. The fraction of sp³-hybridized carbons (Fsp3) is 0.650. The molecule has 1 aliphatic carbocycles. The molecule has 2 fully saturated rings. The third-order valence-electron chi connectivity index (χ3n) is 5.41. The van der Waals surface area contributed by atoms with Gasteiger partial charge in [-0.05, 0) is 18.4 Å². The first kappa shape index (κ1) is 23.9. The highest BCUT2D eigenvalue weighted by molar-refractivity contribution is 5.85. The minimum atomic E-state index is -4.40. The van der Waals surface area contributed by atoms with E-state index in [1.54, 1.807) is 24.3 Å². The van der Waals surface area contributed by atoms with E-state index in [1.165, 1.54) is 4.90 Å². The van der Waals surface area contributed by atoms with Crippen LogP contribution in [0.2, 0.25) is 0 Å². The molecule has 2 aliphatic rings. The van der Waals surface area contributed by atoms with E-state index < -0.39 is 30.8 Å². The highest BCUT2D eigenvalue weighted by atomic mass is 35.5. The number of piperazine rings is 1. The van der Waals surface area contributed by atoms with E-state index in [9.17, 15) is 18.0 Å². The fourth-order valence-corrected chi connectivity index (χ4v) is 3.87. The Morgan fingerprint density at radius 1 is 1.17 bits per heavy atom. The molecule has 2 N–H and O–H groups in total. The van der Waals surface area contributed by atoms with Gasteiger partial charge in [0.1, 0.15) is 6.04 Å². The normalized spacial score (nSPS) is 20.7. The lowest BCUT2D eigenvalue weighted by Gasteiger charge is -2.36. The van der Waals surface area contributed by atoms with Gasteiger partial charge in [0.2, 0.25) is 0 Å². The van der Waals surface area contributed by atoms with E-state index in [0.29, 0.717) is 31.7 Å². The van der Waals surface area contributed by atoms with Crippen molar-refractivity contribution in [1.82, 2.24) is 15.5 Å². The number of nitrogens with zero attached hydrogens (tertiary/aromatic N) is 1. The maximum atomic E-state index is 13.6. The van der Waals surface area contributed by atoms with Crippen LogP contribution in [0.5, 0.6) is 0 Å². The summed E-state index contributed by atoms with van der Waals surface area (Å²) in [6.07, 6.45) is -1.46. The second kappa shape index (κ2) is 11.2. The Morgan fingerprint density at radius 2 is 1.79 bits per heavy atom. The zero-order valence-electron chi connectivity index (χ0n) is 16.3. The standard InChI is InChI=1S/C20H28F3N3O2.ClH/c21-20(22,23)17(26-12-10-24-11-13-26)14-25-19(27)18(15-6-2-1-3-7-15)28-16-8-4-5-9-16;/h1-3,6-7,16-18,24H,4-5,8-14H2,(H,25,27);1H. The molecule has 1 aliphatic heterocycles. The number of rotatable bonds is 7. The predicted molar refractivity (Wildman–Crippen MR) is 107 cm³/mol. The van der Waals surface area contributed by atoms with Gasteiger partial charge in [0.05, 0.1) is 6.10 Å². The molecule has 1 amide bonds. The van der Waals surface area contributed by atoms with Crippen LogP contribution < -0.4 is 10.6 Å². The Balaban J connectivity index is 0.00000300. The molecule has 29 heavy (non-hydrogen) atoms. The van der Waals surface area contributed by atoms with E-state index in [4.69, 9.17) is 4.74 Å². The number of ether oxygens (including phenoxy) is 1. The lowest BCUT2D eigenvalue weighted by atomic mass is 10.1. The van der Waals surface area contributed by atoms with Gasteiger partial charge in [0, 0.05) is 32.7 Å². The molecule has 2 atom stereocenters. The summed E-state index contributed by atoms with van der Waals surface area (Å²) in [6.45, 7) is 1.16. The molecule has 3 rings (SSSR count). The van der Waals surface area contributed by atoms with Gasteiger partial charge in [-0.15, -0.1) is 12.4 Å². The Labute approximate surface area is 175 Å². The average Bonchev–Trinajstić information content (AvgIpc) is 3.20. The van der Waals surface area contributed by atoms with E-state index in [1.807, 2.05) is 6.07 Å². The molecule has 1 aromatic rings. The molecule has 1 saturated carbocycles. The van der Waals surface area contributed by atoms with Crippen molar-refractivity contribution >= 4 is 18.3 Å². The third kappa shape index (κ3) is 6.84.